The molecule has 0 spiro atoms. The highest BCUT2D eigenvalue weighted by atomic mass is 35.5. The van der Waals surface area contributed by atoms with Gasteiger partial charge in [0.2, 0.25) is 5.91 Å². The summed E-state index contributed by atoms with van der Waals surface area (Å²) in [6.45, 7) is 9.87. The predicted molar refractivity (Wildman–Crippen MR) is 85.3 cm³/mol. The summed E-state index contributed by atoms with van der Waals surface area (Å²) in [5, 5.41) is 6.27. The van der Waals surface area contributed by atoms with Crippen molar-refractivity contribution in [1.29, 1.82) is 0 Å². The topological polar surface area (TPSA) is 50.4 Å². The molecule has 0 saturated heterocycles. The van der Waals surface area contributed by atoms with Crippen molar-refractivity contribution in [2.24, 2.45) is 11.3 Å². The Kier molecular flexibility index (Phi) is 8.71. The van der Waals surface area contributed by atoms with Gasteiger partial charge in [0.05, 0.1) is 6.10 Å². The first-order valence-electron chi connectivity index (χ1n) is 7.62. The monoisotopic (exact) mass is 306 g/mol. The maximum Gasteiger partial charge on any atom is 0.224 e. The molecule has 0 aromatic carbocycles. The maximum absolute atomic E-state index is 12.1. The molecule has 1 fully saturated rings. The van der Waals surface area contributed by atoms with Crippen LogP contribution in [-0.2, 0) is 9.53 Å². The van der Waals surface area contributed by atoms with Crippen molar-refractivity contribution in [2.45, 2.75) is 59.1 Å². The number of hydrogen-bond donors (Lipinski definition) is 2. The van der Waals surface area contributed by atoms with E-state index in [2.05, 4.69) is 24.5 Å². The summed E-state index contributed by atoms with van der Waals surface area (Å²) >= 11 is 0. The molecule has 3 unspecified atom stereocenters. The lowest BCUT2D eigenvalue weighted by Gasteiger charge is -2.55. The molecular weight excluding hydrogens is 276 g/mol. The Morgan fingerprint density at radius 1 is 1.35 bits per heavy atom. The normalized spacial score (nSPS) is 25.2. The number of rotatable bonds is 8. The summed E-state index contributed by atoms with van der Waals surface area (Å²) in [6, 6.07) is 0.269. The molecule has 0 bridgehead atoms. The van der Waals surface area contributed by atoms with Gasteiger partial charge in [-0.25, -0.2) is 0 Å². The van der Waals surface area contributed by atoms with Gasteiger partial charge in [0.1, 0.15) is 0 Å². The smallest absolute Gasteiger partial charge is 0.224 e. The number of carbonyl (C=O) groups excluding carboxylic acids is 1. The average molecular weight is 307 g/mol. The molecule has 0 heterocycles. The first-order chi connectivity index (χ1) is 9.05. The third-order valence-electron chi connectivity index (χ3n) is 4.74. The van der Waals surface area contributed by atoms with Crippen LogP contribution >= 0.6 is 12.4 Å². The largest absolute Gasteiger partial charge is 0.378 e. The summed E-state index contributed by atoms with van der Waals surface area (Å²) < 4.78 is 5.83. The second-order valence-corrected chi connectivity index (χ2v) is 5.64. The molecule has 0 aliphatic heterocycles. The van der Waals surface area contributed by atoms with Crippen molar-refractivity contribution >= 4 is 18.3 Å². The van der Waals surface area contributed by atoms with Crippen LogP contribution in [0.25, 0.3) is 0 Å². The van der Waals surface area contributed by atoms with Crippen molar-refractivity contribution in [3.05, 3.63) is 0 Å². The molecule has 4 nitrogen and oxygen atoms in total. The Hall–Kier alpha value is -0.320. The van der Waals surface area contributed by atoms with Gasteiger partial charge >= 0.3 is 0 Å². The van der Waals surface area contributed by atoms with E-state index in [1.165, 1.54) is 0 Å². The number of halogens is 1. The van der Waals surface area contributed by atoms with Crippen LogP contribution in [0, 0.1) is 11.3 Å². The van der Waals surface area contributed by atoms with E-state index in [9.17, 15) is 4.79 Å². The molecule has 3 atom stereocenters. The van der Waals surface area contributed by atoms with Gasteiger partial charge < -0.3 is 15.4 Å². The molecule has 1 amide bonds. The zero-order valence-corrected chi connectivity index (χ0v) is 14.3. The first kappa shape index (κ1) is 19.7. The highest BCUT2D eigenvalue weighted by molar-refractivity contribution is 5.85. The molecule has 5 heteroatoms. The summed E-state index contributed by atoms with van der Waals surface area (Å²) in [7, 11) is 1.88. The molecule has 1 saturated carbocycles. The second kappa shape index (κ2) is 8.85. The molecule has 0 aromatic heterocycles. The van der Waals surface area contributed by atoms with Crippen LogP contribution in [0.3, 0.4) is 0 Å². The van der Waals surface area contributed by atoms with Gasteiger partial charge in [-0.2, -0.15) is 0 Å². The molecule has 2 N–H and O–H groups in total. The van der Waals surface area contributed by atoms with E-state index in [1.54, 1.807) is 0 Å². The number of carbonyl (C=O) groups is 1. The van der Waals surface area contributed by atoms with Crippen LogP contribution in [0.4, 0.5) is 0 Å². The summed E-state index contributed by atoms with van der Waals surface area (Å²) in [5.41, 5.74) is 0.130. The fourth-order valence-electron chi connectivity index (χ4n) is 3.30. The third kappa shape index (κ3) is 3.86. The van der Waals surface area contributed by atoms with E-state index < -0.39 is 0 Å². The third-order valence-corrected chi connectivity index (χ3v) is 4.74. The Balaban J connectivity index is 0.00000361. The van der Waals surface area contributed by atoms with Gasteiger partial charge in [0.15, 0.2) is 0 Å². The number of ether oxygens (including phenoxy) is 1. The van der Waals surface area contributed by atoms with Crippen LogP contribution in [0.1, 0.15) is 47.0 Å². The lowest BCUT2D eigenvalue weighted by Crippen LogP contribution is -2.65. The van der Waals surface area contributed by atoms with Crippen LogP contribution in [0.2, 0.25) is 0 Å². The van der Waals surface area contributed by atoms with Gasteiger partial charge in [0, 0.05) is 30.5 Å². The molecule has 0 aromatic rings. The SMILES string of the molecule is CCOC1CC(NC(=O)C(C)CNC)C1(CC)CC.Cl. The van der Waals surface area contributed by atoms with E-state index in [4.69, 9.17) is 4.74 Å². The quantitative estimate of drug-likeness (QED) is 0.724. The number of amides is 1. The van der Waals surface area contributed by atoms with Crippen LogP contribution in [-0.4, -0.2) is 38.3 Å². The summed E-state index contributed by atoms with van der Waals surface area (Å²) in [6.07, 6.45) is 3.37. The van der Waals surface area contributed by atoms with Crippen molar-refractivity contribution in [3.63, 3.8) is 0 Å². The maximum atomic E-state index is 12.1. The van der Waals surface area contributed by atoms with Crippen molar-refractivity contribution in [2.75, 3.05) is 20.2 Å². The fourth-order valence-corrected chi connectivity index (χ4v) is 3.30. The predicted octanol–water partition coefficient (Wildman–Crippen LogP) is 2.36. The second-order valence-electron chi connectivity index (χ2n) is 5.64. The van der Waals surface area contributed by atoms with Gasteiger partial charge in [-0.05, 0) is 33.2 Å². The Morgan fingerprint density at radius 2 is 1.95 bits per heavy atom. The molecule has 1 rings (SSSR count). The lowest BCUT2D eigenvalue weighted by atomic mass is 9.58. The minimum absolute atomic E-state index is 0. The van der Waals surface area contributed by atoms with E-state index >= 15 is 0 Å². The Morgan fingerprint density at radius 3 is 2.40 bits per heavy atom. The van der Waals surface area contributed by atoms with Crippen molar-refractivity contribution < 1.29 is 9.53 Å². The van der Waals surface area contributed by atoms with E-state index in [0.717, 1.165) is 32.4 Å². The minimum atomic E-state index is 0. The van der Waals surface area contributed by atoms with Crippen molar-refractivity contribution in [3.8, 4) is 0 Å². The Bertz CT molecular complexity index is 296. The molecule has 0 radical (unpaired) electrons. The van der Waals surface area contributed by atoms with Gasteiger partial charge in [-0.1, -0.05) is 20.8 Å². The zero-order valence-electron chi connectivity index (χ0n) is 13.5. The average Bonchev–Trinajstić information content (AvgIpc) is 2.39. The molecular formula is C15H31ClN2O2. The summed E-state index contributed by atoms with van der Waals surface area (Å²) in [4.78, 5) is 12.1. The first-order valence-corrected chi connectivity index (χ1v) is 7.62. The van der Waals surface area contributed by atoms with Crippen LogP contribution in [0.5, 0.6) is 0 Å². The minimum Gasteiger partial charge on any atom is -0.378 e. The fraction of sp³-hybridized carbons (Fsp3) is 0.933. The van der Waals surface area contributed by atoms with E-state index in [1.807, 2.05) is 20.9 Å². The molecule has 20 heavy (non-hydrogen) atoms. The van der Waals surface area contributed by atoms with Gasteiger partial charge in [-0.15, -0.1) is 12.4 Å². The lowest BCUT2D eigenvalue weighted by molar-refractivity contribution is -0.150. The highest BCUT2D eigenvalue weighted by Gasteiger charge is 2.53. The molecule has 1 aliphatic carbocycles. The number of nitrogens with one attached hydrogen (secondary N) is 2. The van der Waals surface area contributed by atoms with E-state index in [0.29, 0.717) is 6.10 Å². The standard InChI is InChI=1S/C15H30N2O2.ClH/c1-6-15(7-2)12(9-13(15)19-8-3)17-14(18)11(4)10-16-5;/h11-13,16H,6-10H2,1-5H3,(H,17,18);1H. The number of hydrogen-bond acceptors (Lipinski definition) is 3. The van der Waals surface area contributed by atoms with Gasteiger partial charge in [-0.3, -0.25) is 4.79 Å². The molecule has 120 valence electrons. The van der Waals surface area contributed by atoms with Crippen molar-refractivity contribution in [1.82, 2.24) is 10.6 Å². The van der Waals surface area contributed by atoms with E-state index in [-0.39, 0.29) is 35.7 Å². The van der Waals surface area contributed by atoms with Crippen LogP contribution < -0.4 is 10.6 Å². The van der Waals surface area contributed by atoms with Crippen LogP contribution in [0.15, 0.2) is 0 Å². The summed E-state index contributed by atoms with van der Waals surface area (Å²) in [5.74, 6) is 0.170. The highest BCUT2D eigenvalue weighted by Crippen LogP contribution is 2.48. The molecule has 1 aliphatic rings. The Labute approximate surface area is 129 Å². The van der Waals surface area contributed by atoms with Gasteiger partial charge in [0.25, 0.3) is 0 Å². The zero-order chi connectivity index (χ0) is 14.5.